The quantitative estimate of drug-likeness (QED) is 0.348. The summed E-state index contributed by atoms with van der Waals surface area (Å²) in [5, 5.41) is 9.54. The maximum Gasteiger partial charge on any atom is 0.328 e. The van der Waals surface area contributed by atoms with Crippen LogP contribution in [-0.4, -0.2) is 40.3 Å². The van der Waals surface area contributed by atoms with Gasteiger partial charge in [-0.1, -0.05) is 0 Å². The number of carbonyl (C=O) groups is 3. The highest BCUT2D eigenvalue weighted by atomic mass is 127. The van der Waals surface area contributed by atoms with Crippen molar-refractivity contribution in [3.05, 3.63) is 29.7 Å². The highest BCUT2D eigenvalue weighted by Gasteiger charge is 2.41. The lowest BCUT2D eigenvalue weighted by atomic mass is 10.2. The van der Waals surface area contributed by atoms with Crippen LogP contribution in [0.4, 0.5) is 4.79 Å². The van der Waals surface area contributed by atoms with Crippen molar-refractivity contribution in [3.63, 3.8) is 0 Å². The standard InChI is InChI=1S/C14H11I2NO5S/c1-6(13(20)22-2)17-12(19)10(23-14(17)21)4-7-3-8(15)5-9(16)11(7)18/h3-6,18H,1-2H3/b10-4+/t6-/m0/s1. The lowest BCUT2D eigenvalue weighted by Gasteiger charge is -2.18. The minimum absolute atomic E-state index is 0.0406. The molecule has 9 heteroatoms. The van der Waals surface area contributed by atoms with Crippen LogP contribution >= 0.6 is 56.9 Å². The number of methoxy groups -OCH3 is 1. The fourth-order valence-corrected chi connectivity index (χ4v) is 4.72. The van der Waals surface area contributed by atoms with Crippen molar-refractivity contribution >= 4 is 80.1 Å². The smallest absolute Gasteiger partial charge is 0.328 e. The number of halogens is 2. The minimum Gasteiger partial charge on any atom is -0.506 e. The van der Waals surface area contributed by atoms with Gasteiger partial charge in [-0.25, -0.2) is 4.79 Å². The van der Waals surface area contributed by atoms with Gasteiger partial charge >= 0.3 is 5.97 Å². The molecule has 0 unspecified atom stereocenters. The molecule has 1 heterocycles. The molecule has 0 saturated carbocycles. The number of hydrogen-bond acceptors (Lipinski definition) is 6. The van der Waals surface area contributed by atoms with Gasteiger partial charge in [-0.15, -0.1) is 0 Å². The van der Waals surface area contributed by atoms with E-state index in [1.54, 1.807) is 12.1 Å². The molecule has 1 atom stereocenters. The molecule has 0 aromatic heterocycles. The molecule has 23 heavy (non-hydrogen) atoms. The molecule has 122 valence electrons. The Labute approximate surface area is 163 Å². The van der Waals surface area contributed by atoms with Crippen molar-refractivity contribution in [2.45, 2.75) is 13.0 Å². The number of benzene rings is 1. The summed E-state index contributed by atoms with van der Waals surface area (Å²) in [6.45, 7) is 1.43. The summed E-state index contributed by atoms with van der Waals surface area (Å²) >= 11 is 4.81. The number of phenols is 1. The highest BCUT2D eigenvalue weighted by Crippen LogP contribution is 2.36. The van der Waals surface area contributed by atoms with Crippen molar-refractivity contribution in [1.29, 1.82) is 0 Å². The van der Waals surface area contributed by atoms with Crippen molar-refractivity contribution < 1.29 is 24.2 Å². The molecule has 2 amide bonds. The molecule has 0 bridgehead atoms. The molecule has 1 aliphatic heterocycles. The van der Waals surface area contributed by atoms with Crippen LogP contribution in [0.15, 0.2) is 17.0 Å². The Morgan fingerprint density at radius 1 is 1.39 bits per heavy atom. The Bertz CT molecular complexity index is 734. The van der Waals surface area contributed by atoms with E-state index in [4.69, 9.17) is 0 Å². The summed E-state index contributed by atoms with van der Waals surface area (Å²) in [7, 11) is 1.19. The third kappa shape index (κ3) is 3.82. The number of carbonyl (C=O) groups excluding carboxylic acids is 3. The van der Waals surface area contributed by atoms with Crippen LogP contribution in [0, 0.1) is 7.14 Å². The molecule has 2 rings (SSSR count). The van der Waals surface area contributed by atoms with Crippen LogP contribution in [0.2, 0.25) is 0 Å². The maximum absolute atomic E-state index is 12.4. The van der Waals surface area contributed by atoms with Crippen LogP contribution < -0.4 is 0 Å². The van der Waals surface area contributed by atoms with E-state index >= 15 is 0 Å². The Morgan fingerprint density at radius 3 is 2.65 bits per heavy atom. The Morgan fingerprint density at radius 2 is 2.04 bits per heavy atom. The summed E-state index contributed by atoms with van der Waals surface area (Å²) in [6, 6.07) is 2.50. The average Bonchev–Trinajstić information content (AvgIpc) is 2.77. The monoisotopic (exact) mass is 559 g/mol. The number of amides is 2. The first-order valence-corrected chi connectivity index (χ1v) is 9.26. The molecule has 1 saturated heterocycles. The third-order valence-corrected chi connectivity index (χ3v) is 5.43. The molecule has 6 nitrogen and oxygen atoms in total. The topological polar surface area (TPSA) is 83.9 Å². The number of ether oxygens (including phenoxy) is 1. The van der Waals surface area contributed by atoms with E-state index in [0.29, 0.717) is 9.13 Å². The number of imide groups is 1. The van der Waals surface area contributed by atoms with E-state index in [-0.39, 0.29) is 10.7 Å². The van der Waals surface area contributed by atoms with E-state index in [1.807, 2.05) is 22.6 Å². The normalized spacial score (nSPS) is 17.7. The molecule has 1 aromatic carbocycles. The fourth-order valence-electron chi connectivity index (χ4n) is 1.93. The van der Waals surface area contributed by atoms with Gasteiger partial charge in [0, 0.05) is 9.13 Å². The molecule has 0 radical (unpaired) electrons. The van der Waals surface area contributed by atoms with Gasteiger partial charge in [0.05, 0.1) is 15.6 Å². The van der Waals surface area contributed by atoms with E-state index < -0.39 is 23.2 Å². The Hall–Kier alpha value is -0.820. The number of esters is 1. The summed E-state index contributed by atoms with van der Waals surface area (Å²) in [4.78, 5) is 37.0. The van der Waals surface area contributed by atoms with E-state index in [0.717, 1.165) is 20.2 Å². The first kappa shape index (κ1) is 18.5. The zero-order chi connectivity index (χ0) is 17.3. The van der Waals surface area contributed by atoms with Crippen LogP contribution in [0.5, 0.6) is 5.75 Å². The number of nitrogens with zero attached hydrogens (tertiary/aromatic N) is 1. The molecule has 1 aromatic rings. The highest BCUT2D eigenvalue weighted by molar-refractivity contribution is 14.1. The summed E-state index contributed by atoms with van der Waals surface area (Å²) in [5.74, 6) is -1.20. The predicted molar refractivity (Wildman–Crippen MR) is 103 cm³/mol. The summed E-state index contributed by atoms with van der Waals surface area (Å²) in [6.07, 6.45) is 1.45. The predicted octanol–water partition coefficient (Wildman–Crippen LogP) is 3.20. The van der Waals surface area contributed by atoms with Gasteiger partial charge in [0.25, 0.3) is 11.1 Å². The van der Waals surface area contributed by atoms with Crippen molar-refractivity contribution in [2.24, 2.45) is 0 Å². The third-order valence-electron chi connectivity index (χ3n) is 3.10. The van der Waals surface area contributed by atoms with E-state index in [1.165, 1.54) is 20.1 Å². The fraction of sp³-hybridized carbons (Fsp3) is 0.214. The molecular weight excluding hydrogens is 548 g/mol. The van der Waals surface area contributed by atoms with Crippen LogP contribution in [0.1, 0.15) is 12.5 Å². The molecule has 0 spiro atoms. The van der Waals surface area contributed by atoms with Gasteiger partial charge in [0.1, 0.15) is 11.8 Å². The first-order chi connectivity index (χ1) is 10.8. The molecular formula is C14H11I2NO5S. The molecule has 0 aliphatic carbocycles. The SMILES string of the molecule is COC(=O)[C@H](C)N1C(=O)S/C(=C/c2cc(I)cc(I)c2O)C1=O. The van der Waals surface area contributed by atoms with Gasteiger partial charge in [-0.3, -0.25) is 14.5 Å². The van der Waals surface area contributed by atoms with Crippen molar-refractivity contribution in [1.82, 2.24) is 4.90 Å². The van der Waals surface area contributed by atoms with Crippen LogP contribution in [0.3, 0.4) is 0 Å². The number of thioether (sulfide) groups is 1. The molecule has 1 fully saturated rings. The van der Waals surface area contributed by atoms with Crippen LogP contribution in [0.25, 0.3) is 6.08 Å². The van der Waals surface area contributed by atoms with E-state index in [2.05, 4.69) is 27.3 Å². The zero-order valence-corrected chi connectivity index (χ0v) is 17.1. The van der Waals surface area contributed by atoms with Crippen LogP contribution in [-0.2, 0) is 14.3 Å². The average molecular weight is 559 g/mol. The molecule has 1 N–H and O–H groups in total. The van der Waals surface area contributed by atoms with Gasteiger partial charge < -0.3 is 9.84 Å². The van der Waals surface area contributed by atoms with Gasteiger partial charge in [0.15, 0.2) is 0 Å². The van der Waals surface area contributed by atoms with Gasteiger partial charge in [-0.2, -0.15) is 0 Å². The first-order valence-electron chi connectivity index (χ1n) is 6.29. The number of hydrogen-bond donors (Lipinski definition) is 1. The number of aromatic hydroxyl groups is 1. The maximum atomic E-state index is 12.4. The minimum atomic E-state index is -0.997. The second-order valence-corrected chi connectivity index (χ2v) is 7.98. The Kier molecular flexibility index (Phi) is 5.94. The summed E-state index contributed by atoms with van der Waals surface area (Å²) < 4.78 is 6.10. The zero-order valence-electron chi connectivity index (χ0n) is 12.0. The van der Waals surface area contributed by atoms with Gasteiger partial charge in [-0.05, 0) is 82.1 Å². The number of phenolic OH excluding ortho intramolecular Hbond substituents is 1. The van der Waals surface area contributed by atoms with E-state index in [9.17, 15) is 19.5 Å². The number of rotatable bonds is 3. The summed E-state index contributed by atoms with van der Waals surface area (Å²) in [5.41, 5.74) is 0.442. The second-order valence-electron chi connectivity index (χ2n) is 4.58. The lowest BCUT2D eigenvalue weighted by molar-refractivity contribution is -0.148. The second kappa shape index (κ2) is 7.38. The Balaban J connectivity index is 2.38. The largest absolute Gasteiger partial charge is 0.506 e. The lowest BCUT2D eigenvalue weighted by Crippen LogP contribution is -2.42. The van der Waals surface area contributed by atoms with Crippen molar-refractivity contribution in [3.8, 4) is 5.75 Å². The molecule has 1 aliphatic rings. The van der Waals surface area contributed by atoms with Gasteiger partial charge in [0.2, 0.25) is 0 Å². The van der Waals surface area contributed by atoms with Crippen molar-refractivity contribution in [2.75, 3.05) is 7.11 Å².